The van der Waals surface area contributed by atoms with E-state index in [1.165, 1.54) is 12.8 Å². The Morgan fingerprint density at radius 3 is 2.74 bits per heavy atom. The average Bonchev–Trinajstić information content (AvgIpc) is 3.39. The fourth-order valence-corrected chi connectivity index (χ4v) is 4.59. The van der Waals surface area contributed by atoms with E-state index in [2.05, 4.69) is 19.5 Å². The number of rotatable bonds is 4. The van der Waals surface area contributed by atoms with Crippen LogP contribution < -0.4 is 4.74 Å². The molecule has 1 amide bonds. The Labute approximate surface area is 179 Å². The molecule has 1 aliphatic carbocycles. The summed E-state index contributed by atoms with van der Waals surface area (Å²) >= 11 is 0. The van der Waals surface area contributed by atoms with E-state index in [0.717, 1.165) is 40.2 Å². The third-order valence-corrected chi connectivity index (χ3v) is 6.38. The zero-order valence-electron chi connectivity index (χ0n) is 17.3. The summed E-state index contributed by atoms with van der Waals surface area (Å²) in [5.74, 6) is 0.786. The van der Waals surface area contributed by atoms with E-state index < -0.39 is 0 Å². The lowest BCUT2D eigenvalue weighted by atomic mass is 9.94. The maximum absolute atomic E-state index is 13.7. The number of aromatic nitrogens is 4. The highest BCUT2D eigenvalue weighted by Crippen LogP contribution is 2.38. The second-order valence-electron chi connectivity index (χ2n) is 8.28. The third-order valence-electron chi connectivity index (χ3n) is 6.38. The Morgan fingerprint density at radius 2 is 1.97 bits per heavy atom. The number of carbonyl (C=O) groups excluding carboxylic acids is 1. The molecule has 7 nitrogen and oxygen atoms in total. The maximum Gasteiger partial charge on any atom is 0.254 e. The number of nitrogens with zero attached hydrogens (tertiary/aromatic N) is 4. The molecule has 0 saturated heterocycles. The summed E-state index contributed by atoms with van der Waals surface area (Å²) in [5.41, 5.74) is 5.63. The number of aromatic amines is 1. The molecule has 0 bridgehead atoms. The summed E-state index contributed by atoms with van der Waals surface area (Å²) in [5, 5.41) is 0. The molecule has 2 aromatic heterocycles. The summed E-state index contributed by atoms with van der Waals surface area (Å²) in [6, 6.07) is 14.1. The molecule has 1 saturated carbocycles. The number of ether oxygens (including phenoxy) is 1. The van der Waals surface area contributed by atoms with Crippen molar-refractivity contribution in [1.29, 1.82) is 0 Å². The van der Waals surface area contributed by atoms with Gasteiger partial charge in [0.05, 0.1) is 36.5 Å². The van der Waals surface area contributed by atoms with Crippen molar-refractivity contribution in [2.75, 3.05) is 13.7 Å². The van der Waals surface area contributed by atoms with Gasteiger partial charge in [-0.2, -0.15) is 0 Å². The predicted molar refractivity (Wildman–Crippen MR) is 116 cm³/mol. The molecule has 2 aromatic carbocycles. The molecule has 156 valence electrons. The van der Waals surface area contributed by atoms with E-state index in [1.54, 1.807) is 13.4 Å². The van der Waals surface area contributed by atoms with Crippen LogP contribution in [0.4, 0.5) is 0 Å². The normalized spacial score (nSPS) is 18.2. The number of hydrogen-bond donors (Lipinski definition) is 1. The minimum Gasteiger partial charge on any atom is -0.497 e. The Balaban J connectivity index is 1.38. The quantitative estimate of drug-likeness (QED) is 0.551. The first kappa shape index (κ1) is 18.2. The van der Waals surface area contributed by atoms with Crippen molar-refractivity contribution >= 4 is 16.9 Å². The van der Waals surface area contributed by atoms with Crippen LogP contribution in [-0.2, 0) is 6.42 Å². The van der Waals surface area contributed by atoms with E-state index in [0.29, 0.717) is 18.2 Å². The SMILES string of the molecule is COc1ccc(C2c3nc[nH]c3CCN2C(=O)c2ccc3c(c2)ncn3C2CC2)cc1. The van der Waals surface area contributed by atoms with Gasteiger partial charge in [-0.15, -0.1) is 0 Å². The Bertz CT molecular complexity index is 1270. The van der Waals surface area contributed by atoms with Crippen molar-refractivity contribution in [1.82, 2.24) is 24.4 Å². The average molecular weight is 413 g/mol. The lowest BCUT2D eigenvalue weighted by Gasteiger charge is -2.35. The zero-order valence-corrected chi connectivity index (χ0v) is 17.3. The number of fused-ring (bicyclic) bond motifs is 2. The van der Waals surface area contributed by atoms with Gasteiger partial charge in [0.25, 0.3) is 5.91 Å². The van der Waals surface area contributed by atoms with Crippen molar-refractivity contribution in [3.8, 4) is 5.75 Å². The summed E-state index contributed by atoms with van der Waals surface area (Å²) in [7, 11) is 1.65. The minimum atomic E-state index is -0.242. The number of hydrogen-bond acceptors (Lipinski definition) is 4. The van der Waals surface area contributed by atoms with Crippen molar-refractivity contribution < 1.29 is 9.53 Å². The van der Waals surface area contributed by atoms with E-state index in [1.807, 2.05) is 53.7 Å². The van der Waals surface area contributed by atoms with Crippen LogP contribution in [0.2, 0.25) is 0 Å². The predicted octanol–water partition coefficient (Wildman–Crippen LogP) is 3.89. The molecule has 6 rings (SSSR count). The molecule has 4 aromatic rings. The Hall–Kier alpha value is -3.61. The van der Waals surface area contributed by atoms with Gasteiger partial charge in [-0.25, -0.2) is 9.97 Å². The second-order valence-corrected chi connectivity index (χ2v) is 8.28. The third kappa shape index (κ3) is 3.00. The van der Waals surface area contributed by atoms with Crippen LogP contribution in [0.1, 0.15) is 52.2 Å². The first-order valence-corrected chi connectivity index (χ1v) is 10.7. The van der Waals surface area contributed by atoms with Crippen LogP contribution in [0.5, 0.6) is 5.75 Å². The molecule has 31 heavy (non-hydrogen) atoms. The highest BCUT2D eigenvalue weighted by Gasteiger charge is 2.35. The van der Waals surface area contributed by atoms with Gasteiger partial charge in [0.15, 0.2) is 0 Å². The van der Waals surface area contributed by atoms with Crippen LogP contribution in [0.3, 0.4) is 0 Å². The Kier molecular flexibility index (Phi) is 4.09. The van der Waals surface area contributed by atoms with Gasteiger partial charge < -0.3 is 19.2 Å². The summed E-state index contributed by atoms with van der Waals surface area (Å²) in [6.45, 7) is 0.624. The zero-order chi connectivity index (χ0) is 20.9. The number of methoxy groups -OCH3 is 1. The van der Waals surface area contributed by atoms with Crippen LogP contribution in [0.15, 0.2) is 55.1 Å². The number of H-pyrrole nitrogens is 1. The molecule has 1 fully saturated rings. The number of imidazole rings is 2. The molecule has 1 atom stereocenters. The van der Waals surface area contributed by atoms with Gasteiger partial charge in [-0.1, -0.05) is 12.1 Å². The number of nitrogens with one attached hydrogen (secondary N) is 1. The fraction of sp³-hybridized carbons (Fsp3) is 0.292. The molecule has 7 heteroatoms. The summed E-state index contributed by atoms with van der Waals surface area (Å²) in [4.78, 5) is 27.9. The molecule has 2 aliphatic rings. The van der Waals surface area contributed by atoms with E-state index in [9.17, 15) is 4.79 Å². The van der Waals surface area contributed by atoms with Gasteiger partial charge in [-0.3, -0.25) is 4.79 Å². The van der Waals surface area contributed by atoms with Crippen molar-refractivity contribution in [2.45, 2.75) is 31.3 Å². The first-order valence-electron chi connectivity index (χ1n) is 10.7. The fourth-order valence-electron chi connectivity index (χ4n) is 4.59. The lowest BCUT2D eigenvalue weighted by Crippen LogP contribution is -2.40. The standard InChI is InChI=1S/C24H23N5O2/c1-31-18-7-2-15(3-8-18)23-22-19(25-13-26-22)10-11-28(23)24(30)16-4-9-21-20(12-16)27-14-29(21)17-5-6-17/h2-4,7-9,12-14,17,23H,5-6,10-11H2,1H3,(H,25,26). The molecular formula is C24H23N5O2. The second kappa shape index (κ2) is 6.97. The topological polar surface area (TPSA) is 76.0 Å². The smallest absolute Gasteiger partial charge is 0.254 e. The van der Waals surface area contributed by atoms with Gasteiger partial charge in [0.1, 0.15) is 11.8 Å². The van der Waals surface area contributed by atoms with Gasteiger partial charge >= 0.3 is 0 Å². The molecule has 3 heterocycles. The van der Waals surface area contributed by atoms with E-state index in [4.69, 9.17) is 4.74 Å². The number of amides is 1. The van der Waals surface area contributed by atoms with Crippen molar-refractivity contribution in [3.05, 3.63) is 77.6 Å². The van der Waals surface area contributed by atoms with Gasteiger partial charge in [-0.05, 0) is 48.7 Å². The molecule has 1 N–H and O–H groups in total. The van der Waals surface area contributed by atoms with Crippen LogP contribution in [0.25, 0.3) is 11.0 Å². The van der Waals surface area contributed by atoms with Gasteiger partial charge in [0, 0.05) is 30.3 Å². The summed E-state index contributed by atoms with van der Waals surface area (Å²) < 4.78 is 7.53. The molecule has 1 unspecified atom stereocenters. The highest BCUT2D eigenvalue weighted by atomic mass is 16.5. The van der Waals surface area contributed by atoms with E-state index >= 15 is 0 Å². The lowest BCUT2D eigenvalue weighted by molar-refractivity contribution is 0.0690. The van der Waals surface area contributed by atoms with Crippen molar-refractivity contribution in [3.63, 3.8) is 0 Å². The van der Waals surface area contributed by atoms with Crippen LogP contribution in [0, 0.1) is 0 Å². The van der Waals surface area contributed by atoms with Gasteiger partial charge in [0.2, 0.25) is 0 Å². The van der Waals surface area contributed by atoms with Crippen LogP contribution >= 0.6 is 0 Å². The monoisotopic (exact) mass is 413 g/mol. The number of carbonyl (C=O) groups is 1. The van der Waals surface area contributed by atoms with Crippen LogP contribution in [-0.4, -0.2) is 44.0 Å². The summed E-state index contributed by atoms with van der Waals surface area (Å²) in [6.07, 6.45) is 6.77. The molecule has 0 radical (unpaired) electrons. The first-order chi connectivity index (χ1) is 15.2. The number of benzene rings is 2. The molecule has 1 aliphatic heterocycles. The highest BCUT2D eigenvalue weighted by molar-refractivity contribution is 5.98. The van der Waals surface area contributed by atoms with E-state index in [-0.39, 0.29) is 11.9 Å². The van der Waals surface area contributed by atoms with Crippen molar-refractivity contribution in [2.24, 2.45) is 0 Å². The molecule has 0 spiro atoms. The Morgan fingerprint density at radius 1 is 1.13 bits per heavy atom. The molecular weight excluding hydrogens is 390 g/mol. The maximum atomic E-state index is 13.7. The largest absolute Gasteiger partial charge is 0.497 e. The minimum absolute atomic E-state index is 0.00246.